The summed E-state index contributed by atoms with van der Waals surface area (Å²) in [5, 5.41) is 10.4. The zero-order valence-corrected chi connectivity index (χ0v) is 11.3. The van der Waals surface area contributed by atoms with Gasteiger partial charge in [0.1, 0.15) is 0 Å². The molecule has 3 nitrogen and oxygen atoms in total. The molecule has 96 valence electrons. The van der Waals surface area contributed by atoms with Gasteiger partial charge in [-0.3, -0.25) is 0 Å². The predicted molar refractivity (Wildman–Crippen MR) is 73.6 cm³/mol. The van der Waals surface area contributed by atoms with E-state index < -0.39 is 0 Å². The maximum atomic E-state index is 4.28. The van der Waals surface area contributed by atoms with Crippen LogP contribution in [0.2, 0.25) is 0 Å². The Morgan fingerprint density at radius 1 is 1.41 bits per heavy atom. The van der Waals surface area contributed by atoms with E-state index in [0.29, 0.717) is 0 Å². The van der Waals surface area contributed by atoms with Gasteiger partial charge in [0.25, 0.3) is 0 Å². The lowest BCUT2D eigenvalue weighted by molar-refractivity contribution is 0.373. The van der Waals surface area contributed by atoms with Crippen molar-refractivity contribution in [2.24, 2.45) is 0 Å². The average molecular weight is 253 g/mol. The number of hydrogen-bond acceptors (Lipinski definition) is 4. The van der Waals surface area contributed by atoms with Crippen LogP contribution in [-0.4, -0.2) is 30.7 Å². The summed E-state index contributed by atoms with van der Waals surface area (Å²) < 4.78 is 0. The topological polar surface area (TPSA) is 37.0 Å². The first-order valence-electron chi connectivity index (χ1n) is 6.77. The van der Waals surface area contributed by atoms with Crippen molar-refractivity contribution in [2.75, 3.05) is 19.6 Å². The van der Waals surface area contributed by atoms with E-state index in [4.69, 9.17) is 0 Å². The molecule has 1 atom stereocenters. The van der Waals surface area contributed by atoms with Crippen LogP contribution in [0.4, 0.5) is 0 Å². The van der Waals surface area contributed by atoms with Gasteiger partial charge in [0.15, 0.2) is 0 Å². The molecule has 2 rings (SSSR count). The average Bonchev–Trinajstić information content (AvgIpc) is 2.88. The molecular formula is C13H23N3S. The number of piperidine rings is 1. The smallest absolute Gasteiger partial charge is 0.0937 e. The molecular weight excluding hydrogens is 230 g/mol. The Morgan fingerprint density at radius 3 is 3.18 bits per heavy atom. The molecule has 1 aromatic rings. The van der Waals surface area contributed by atoms with Crippen molar-refractivity contribution in [1.29, 1.82) is 0 Å². The third kappa shape index (κ3) is 5.15. The van der Waals surface area contributed by atoms with Crippen LogP contribution >= 0.6 is 11.3 Å². The van der Waals surface area contributed by atoms with Gasteiger partial charge in [-0.25, -0.2) is 4.98 Å². The van der Waals surface area contributed by atoms with Gasteiger partial charge in [0.05, 0.1) is 5.01 Å². The van der Waals surface area contributed by atoms with E-state index in [2.05, 4.69) is 15.6 Å². The summed E-state index contributed by atoms with van der Waals surface area (Å²) in [5.74, 6) is 0. The van der Waals surface area contributed by atoms with Gasteiger partial charge in [0.2, 0.25) is 0 Å². The Morgan fingerprint density at radius 2 is 2.41 bits per heavy atom. The fraction of sp³-hybridized carbons (Fsp3) is 0.769. The van der Waals surface area contributed by atoms with Gasteiger partial charge in [-0.05, 0) is 38.8 Å². The molecule has 1 aliphatic heterocycles. The molecule has 1 unspecified atom stereocenters. The first-order chi connectivity index (χ1) is 8.45. The molecule has 2 heterocycles. The minimum Gasteiger partial charge on any atom is -0.316 e. The van der Waals surface area contributed by atoms with Gasteiger partial charge >= 0.3 is 0 Å². The second-order valence-electron chi connectivity index (χ2n) is 4.71. The van der Waals surface area contributed by atoms with Crippen molar-refractivity contribution in [3.8, 4) is 0 Å². The Labute approximate surface area is 108 Å². The monoisotopic (exact) mass is 253 g/mol. The van der Waals surface area contributed by atoms with E-state index in [1.165, 1.54) is 43.7 Å². The second-order valence-corrected chi connectivity index (χ2v) is 5.69. The fourth-order valence-electron chi connectivity index (χ4n) is 2.34. The Balaban J connectivity index is 1.43. The molecule has 2 N–H and O–H groups in total. The Kier molecular flexibility index (Phi) is 5.96. The number of thiazole rings is 1. The van der Waals surface area contributed by atoms with Gasteiger partial charge in [-0.1, -0.05) is 6.42 Å². The summed E-state index contributed by atoms with van der Waals surface area (Å²) in [4.78, 5) is 4.28. The number of hydrogen-bond donors (Lipinski definition) is 2. The number of rotatable bonds is 7. The highest BCUT2D eigenvalue weighted by Crippen LogP contribution is 2.11. The fourth-order valence-corrected chi connectivity index (χ4v) is 2.96. The molecule has 1 aliphatic rings. The number of aromatic nitrogens is 1. The van der Waals surface area contributed by atoms with Crippen LogP contribution in [0, 0.1) is 0 Å². The zero-order chi connectivity index (χ0) is 11.8. The quantitative estimate of drug-likeness (QED) is 0.732. The van der Waals surface area contributed by atoms with Crippen LogP contribution in [0.5, 0.6) is 0 Å². The van der Waals surface area contributed by atoms with E-state index >= 15 is 0 Å². The minimum absolute atomic E-state index is 0.782. The van der Waals surface area contributed by atoms with Crippen LogP contribution in [-0.2, 0) is 6.42 Å². The van der Waals surface area contributed by atoms with Crippen LogP contribution in [0.3, 0.4) is 0 Å². The normalized spacial score (nSPS) is 20.6. The second kappa shape index (κ2) is 7.80. The molecule has 0 saturated carbocycles. The summed E-state index contributed by atoms with van der Waals surface area (Å²) in [5.41, 5.74) is 0. The largest absolute Gasteiger partial charge is 0.316 e. The Hall–Kier alpha value is -0.450. The minimum atomic E-state index is 0.782. The van der Waals surface area contributed by atoms with Crippen LogP contribution < -0.4 is 10.6 Å². The predicted octanol–water partition coefficient (Wildman–Crippen LogP) is 2.20. The standard InChI is InChI=1S/C13H23N3S/c1-2-8-15-12(4-1)5-3-7-14-9-6-13-16-10-11-17-13/h10-12,14-15H,1-9H2. The van der Waals surface area contributed by atoms with Crippen molar-refractivity contribution in [1.82, 2.24) is 15.6 Å². The molecule has 0 radical (unpaired) electrons. The van der Waals surface area contributed by atoms with E-state index in [9.17, 15) is 0 Å². The van der Waals surface area contributed by atoms with Crippen molar-refractivity contribution in [2.45, 2.75) is 44.6 Å². The highest BCUT2D eigenvalue weighted by atomic mass is 32.1. The Bertz CT molecular complexity index is 281. The lowest BCUT2D eigenvalue weighted by Crippen LogP contribution is -2.34. The van der Waals surface area contributed by atoms with E-state index in [0.717, 1.165) is 25.6 Å². The zero-order valence-electron chi connectivity index (χ0n) is 10.5. The van der Waals surface area contributed by atoms with Crippen molar-refractivity contribution < 1.29 is 0 Å². The number of nitrogens with zero attached hydrogens (tertiary/aromatic N) is 1. The summed E-state index contributed by atoms with van der Waals surface area (Å²) in [6.45, 7) is 3.43. The number of nitrogens with one attached hydrogen (secondary N) is 2. The summed E-state index contributed by atoms with van der Waals surface area (Å²) >= 11 is 1.75. The first-order valence-corrected chi connectivity index (χ1v) is 7.65. The third-order valence-electron chi connectivity index (χ3n) is 3.32. The molecule has 17 heavy (non-hydrogen) atoms. The van der Waals surface area contributed by atoms with Crippen LogP contribution in [0.25, 0.3) is 0 Å². The summed E-state index contributed by atoms with van der Waals surface area (Å²) in [6.07, 6.45) is 9.71. The van der Waals surface area contributed by atoms with E-state index in [1.807, 2.05) is 11.6 Å². The molecule has 1 saturated heterocycles. The van der Waals surface area contributed by atoms with E-state index in [1.54, 1.807) is 11.3 Å². The molecule has 1 aromatic heterocycles. The van der Waals surface area contributed by atoms with Gasteiger partial charge < -0.3 is 10.6 Å². The molecule has 0 aliphatic carbocycles. The highest BCUT2D eigenvalue weighted by molar-refractivity contribution is 7.09. The molecule has 0 bridgehead atoms. The van der Waals surface area contributed by atoms with Gasteiger partial charge in [-0.15, -0.1) is 11.3 Å². The first kappa shape index (κ1) is 13.0. The molecule has 4 heteroatoms. The molecule has 1 fully saturated rings. The molecule has 0 aromatic carbocycles. The van der Waals surface area contributed by atoms with E-state index in [-0.39, 0.29) is 0 Å². The SMILES string of the molecule is c1csc(CCNCCCC2CCCCN2)n1. The highest BCUT2D eigenvalue weighted by Gasteiger charge is 2.11. The van der Waals surface area contributed by atoms with Gasteiger partial charge in [0, 0.05) is 30.6 Å². The maximum absolute atomic E-state index is 4.28. The van der Waals surface area contributed by atoms with Crippen molar-refractivity contribution in [3.63, 3.8) is 0 Å². The van der Waals surface area contributed by atoms with Crippen LogP contribution in [0.15, 0.2) is 11.6 Å². The van der Waals surface area contributed by atoms with Crippen LogP contribution in [0.1, 0.15) is 37.1 Å². The summed E-state index contributed by atoms with van der Waals surface area (Å²) in [7, 11) is 0. The van der Waals surface area contributed by atoms with Crippen molar-refractivity contribution in [3.05, 3.63) is 16.6 Å². The molecule has 0 spiro atoms. The maximum Gasteiger partial charge on any atom is 0.0937 e. The van der Waals surface area contributed by atoms with Gasteiger partial charge in [-0.2, -0.15) is 0 Å². The lowest BCUT2D eigenvalue weighted by atomic mass is 10.0. The van der Waals surface area contributed by atoms with Crippen molar-refractivity contribution >= 4 is 11.3 Å². The summed E-state index contributed by atoms with van der Waals surface area (Å²) in [6, 6.07) is 0.782. The lowest BCUT2D eigenvalue weighted by Gasteiger charge is -2.23. The molecule has 0 amide bonds. The third-order valence-corrected chi connectivity index (χ3v) is 4.16.